The first kappa shape index (κ1) is 5.70. The molecular weight excluding hydrogens is 136 g/mol. The molecule has 1 aromatic heterocycles. The van der Waals surface area contributed by atoms with Crippen molar-refractivity contribution in [2.45, 2.75) is 31.1 Å². The fourth-order valence-electron chi connectivity index (χ4n) is 2.52. The SMILES string of the molecule is c1ncc2c(n1)[C@@H]1CC[C@H]2C1. The van der Waals surface area contributed by atoms with Crippen LogP contribution in [0.25, 0.3) is 0 Å². The first-order valence-electron chi connectivity index (χ1n) is 4.25. The molecule has 0 N–H and O–H groups in total. The second kappa shape index (κ2) is 1.81. The minimum Gasteiger partial charge on any atom is -0.245 e. The summed E-state index contributed by atoms with van der Waals surface area (Å²) in [6.45, 7) is 0. The van der Waals surface area contributed by atoms with E-state index in [1.165, 1.54) is 30.5 Å². The molecule has 0 unspecified atom stereocenters. The highest BCUT2D eigenvalue weighted by Crippen LogP contribution is 2.51. The van der Waals surface area contributed by atoms with Crippen LogP contribution < -0.4 is 0 Å². The van der Waals surface area contributed by atoms with Crippen LogP contribution in [-0.2, 0) is 0 Å². The van der Waals surface area contributed by atoms with Crippen LogP contribution in [0.15, 0.2) is 12.5 Å². The Labute approximate surface area is 65.7 Å². The number of nitrogens with zero attached hydrogens (tertiary/aromatic N) is 2. The Morgan fingerprint density at radius 1 is 1.27 bits per heavy atom. The van der Waals surface area contributed by atoms with E-state index in [0.29, 0.717) is 0 Å². The second-order valence-corrected chi connectivity index (χ2v) is 3.57. The Balaban J connectivity index is 2.23. The number of hydrogen-bond donors (Lipinski definition) is 0. The van der Waals surface area contributed by atoms with Crippen molar-refractivity contribution in [2.24, 2.45) is 0 Å². The summed E-state index contributed by atoms with van der Waals surface area (Å²) in [4.78, 5) is 8.39. The zero-order valence-electron chi connectivity index (χ0n) is 6.33. The summed E-state index contributed by atoms with van der Waals surface area (Å²) in [6, 6.07) is 0. The molecule has 11 heavy (non-hydrogen) atoms. The van der Waals surface area contributed by atoms with Gasteiger partial charge in [0.25, 0.3) is 0 Å². The van der Waals surface area contributed by atoms with Gasteiger partial charge in [0, 0.05) is 12.1 Å². The van der Waals surface area contributed by atoms with Crippen molar-refractivity contribution in [3.8, 4) is 0 Å². The average Bonchev–Trinajstić information content (AvgIpc) is 2.64. The molecule has 0 spiro atoms. The van der Waals surface area contributed by atoms with Gasteiger partial charge < -0.3 is 0 Å². The van der Waals surface area contributed by atoms with Gasteiger partial charge in [0.05, 0.1) is 5.69 Å². The summed E-state index contributed by atoms with van der Waals surface area (Å²) in [6.07, 6.45) is 7.75. The molecule has 0 radical (unpaired) electrons. The van der Waals surface area contributed by atoms with Gasteiger partial charge in [0.2, 0.25) is 0 Å². The maximum Gasteiger partial charge on any atom is 0.115 e. The molecule has 56 valence electrons. The van der Waals surface area contributed by atoms with Crippen molar-refractivity contribution < 1.29 is 0 Å². The van der Waals surface area contributed by atoms with Crippen molar-refractivity contribution in [3.05, 3.63) is 23.8 Å². The summed E-state index contributed by atoms with van der Waals surface area (Å²) in [5, 5.41) is 0. The molecule has 2 atom stereocenters. The van der Waals surface area contributed by atoms with Crippen molar-refractivity contribution >= 4 is 0 Å². The standard InChI is InChI=1S/C9H10N2/c1-2-7-3-6(1)8-4-10-5-11-9(7)8/h4-7H,1-3H2/t6-,7+/m0/s1. The Kier molecular flexibility index (Phi) is 0.939. The zero-order valence-corrected chi connectivity index (χ0v) is 6.33. The van der Waals surface area contributed by atoms with Gasteiger partial charge in [0.15, 0.2) is 0 Å². The third-order valence-electron chi connectivity index (χ3n) is 3.03. The van der Waals surface area contributed by atoms with Gasteiger partial charge in [0.1, 0.15) is 6.33 Å². The largest absolute Gasteiger partial charge is 0.245 e. The molecule has 1 fully saturated rings. The molecule has 2 bridgehead atoms. The monoisotopic (exact) mass is 146 g/mol. The van der Waals surface area contributed by atoms with Crippen molar-refractivity contribution in [2.75, 3.05) is 0 Å². The fourth-order valence-corrected chi connectivity index (χ4v) is 2.52. The summed E-state index contributed by atoms with van der Waals surface area (Å²) < 4.78 is 0. The lowest BCUT2D eigenvalue weighted by molar-refractivity contribution is 0.691. The molecule has 2 heteroatoms. The molecule has 1 saturated carbocycles. The molecule has 1 aromatic rings. The van der Waals surface area contributed by atoms with Gasteiger partial charge >= 0.3 is 0 Å². The van der Waals surface area contributed by atoms with Crippen LogP contribution in [0.3, 0.4) is 0 Å². The summed E-state index contributed by atoms with van der Waals surface area (Å²) >= 11 is 0. The van der Waals surface area contributed by atoms with Crippen LogP contribution in [0.5, 0.6) is 0 Å². The lowest BCUT2D eigenvalue weighted by Crippen LogP contribution is -2.00. The average molecular weight is 146 g/mol. The predicted molar refractivity (Wildman–Crippen MR) is 41.4 cm³/mol. The first-order chi connectivity index (χ1) is 5.45. The maximum absolute atomic E-state index is 4.33. The number of aromatic nitrogens is 2. The Bertz CT molecular complexity index is 266. The highest BCUT2D eigenvalue weighted by Gasteiger charge is 2.37. The Morgan fingerprint density at radius 3 is 3.09 bits per heavy atom. The lowest BCUT2D eigenvalue weighted by Gasteiger charge is -2.11. The van der Waals surface area contributed by atoms with Gasteiger partial charge in [-0.25, -0.2) is 9.97 Å². The molecule has 2 aliphatic rings. The highest BCUT2D eigenvalue weighted by molar-refractivity contribution is 5.33. The Morgan fingerprint density at radius 2 is 2.18 bits per heavy atom. The van der Waals surface area contributed by atoms with E-state index in [2.05, 4.69) is 9.97 Å². The molecule has 0 aliphatic heterocycles. The minimum atomic E-state index is 0.776. The van der Waals surface area contributed by atoms with Crippen molar-refractivity contribution in [1.29, 1.82) is 0 Å². The molecule has 1 heterocycles. The summed E-state index contributed by atoms with van der Waals surface area (Å²) in [5.41, 5.74) is 2.78. The van der Waals surface area contributed by atoms with E-state index in [0.717, 1.165) is 11.8 Å². The quantitative estimate of drug-likeness (QED) is 0.558. The minimum absolute atomic E-state index is 0.776. The number of hydrogen-bond acceptors (Lipinski definition) is 2. The van der Waals surface area contributed by atoms with E-state index in [1.807, 2.05) is 6.20 Å². The van der Waals surface area contributed by atoms with E-state index in [-0.39, 0.29) is 0 Å². The first-order valence-corrected chi connectivity index (χ1v) is 4.25. The highest BCUT2D eigenvalue weighted by atomic mass is 14.8. The zero-order chi connectivity index (χ0) is 7.26. The van der Waals surface area contributed by atoms with Crippen molar-refractivity contribution in [3.63, 3.8) is 0 Å². The van der Waals surface area contributed by atoms with Crippen LogP contribution >= 0.6 is 0 Å². The van der Waals surface area contributed by atoms with Crippen LogP contribution in [0.4, 0.5) is 0 Å². The molecule has 3 rings (SSSR count). The topological polar surface area (TPSA) is 25.8 Å². The van der Waals surface area contributed by atoms with E-state index in [9.17, 15) is 0 Å². The molecular formula is C9H10N2. The fraction of sp³-hybridized carbons (Fsp3) is 0.556. The van der Waals surface area contributed by atoms with Gasteiger partial charge in [-0.15, -0.1) is 0 Å². The second-order valence-electron chi connectivity index (χ2n) is 3.57. The van der Waals surface area contributed by atoms with E-state index >= 15 is 0 Å². The van der Waals surface area contributed by atoms with E-state index in [1.54, 1.807) is 6.33 Å². The van der Waals surface area contributed by atoms with Crippen LogP contribution in [-0.4, -0.2) is 9.97 Å². The Hall–Kier alpha value is -0.920. The lowest BCUT2D eigenvalue weighted by atomic mass is 9.98. The van der Waals surface area contributed by atoms with Gasteiger partial charge in [-0.3, -0.25) is 0 Å². The molecule has 0 amide bonds. The third kappa shape index (κ3) is 0.621. The van der Waals surface area contributed by atoms with Crippen molar-refractivity contribution in [1.82, 2.24) is 9.97 Å². The normalized spacial score (nSPS) is 32.4. The van der Waals surface area contributed by atoms with E-state index < -0.39 is 0 Å². The smallest absolute Gasteiger partial charge is 0.115 e. The summed E-state index contributed by atoms with van der Waals surface area (Å²) in [5.74, 6) is 1.58. The van der Waals surface area contributed by atoms with E-state index in [4.69, 9.17) is 0 Å². The predicted octanol–water partition coefficient (Wildman–Crippen LogP) is 1.84. The van der Waals surface area contributed by atoms with Gasteiger partial charge in [-0.05, 0) is 30.7 Å². The van der Waals surface area contributed by atoms with Gasteiger partial charge in [-0.1, -0.05) is 0 Å². The molecule has 2 aliphatic carbocycles. The maximum atomic E-state index is 4.33. The number of rotatable bonds is 0. The molecule has 0 saturated heterocycles. The van der Waals surface area contributed by atoms with Gasteiger partial charge in [-0.2, -0.15) is 0 Å². The number of fused-ring (bicyclic) bond motifs is 5. The molecule has 2 nitrogen and oxygen atoms in total. The van der Waals surface area contributed by atoms with Crippen LogP contribution in [0, 0.1) is 0 Å². The summed E-state index contributed by atoms with van der Waals surface area (Å²) in [7, 11) is 0. The van der Waals surface area contributed by atoms with Crippen LogP contribution in [0.1, 0.15) is 42.4 Å². The molecule has 0 aromatic carbocycles. The van der Waals surface area contributed by atoms with Crippen LogP contribution in [0.2, 0.25) is 0 Å². The third-order valence-corrected chi connectivity index (χ3v) is 3.03.